The van der Waals surface area contributed by atoms with Crippen molar-refractivity contribution in [3.8, 4) is 5.75 Å². The van der Waals surface area contributed by atoms with E-state index in [0.29, 0.717) is 18.7 Å². The number of rotatable bonds is 7. The van der Waals surface area contributed by atoms with Gasteiger partial charge in [-0.1, -0.05) is 13.3 Å². The topological polar surface area (TPSA) is 55.5 Å². The van der Waals surface area contributed by atoms with Gasteiger partial charge in [0.15, 0.2) is 6.04 Å². The van der Waals surface area contributed by atoms with Crippen LogP contribution in [0.1, 0.15) is 33.1 Å². The van der Waals surface area contributed by atoms with Crippen LogP contribution in [0.2, 0.25) is 0 Å². The van der Waals surface area contributed by atoms with Gasteiger partial charge in [-0.15, -0.1) is 0 Å². The third-order valence-electron chi connectivity index (χ3n) is 5.60. The van der Waals surface area contributed by atoms with Gasteiger partial charge in [-0.2, -0.15) is 0 Å². The first-order chi connectivity index (χ1) is 12.6. The van der Waals surface area contributed by atoms with Crippen LogP contribution in [0.25, 0.3) is 0 Å². The minimum absolute atomic E-state index is 0.0513. The molecule has 0 saturated carbocycles. The van der Waals surface area contributed by atoms with E-state index in [2.05, 4.69) is 13.8 Å². The molecule has 0 bridgehead atoms. The van der Waals surface area contributed by atoms with E-state index in [1.807, 2.05) is 24.3 Å². The zero-order valence-electron chi connectivity index (χ0n) is 15.9. The lowest BCUT2D eigenvalue weighted by Crippen LogP contribution is -3.29. The van der Waals surface area contributed by atoms with Crippen molar-refractivity contribution in [1.29, 1.82) is 0 Å². The summed E-state index contributed by atoms with van der Waals surface area (Å²) in [6.07, 6.45) is 2.43. The number of anilines is 1. The first-order valence-corrected chi connectivity index (χ1v) is 9.91. The normalized spacial score (nSPS) is 26.4. The Morgan fingerprint density at radius 2 is 1.77 bits per heavy atom. The summed E-state index contributed by atoms with van der Waals surface area (Å²) in [5.41, 5.74) is 0.655. The number of hydrogen-bond acceptors (Lipinski definition) is 3. The first-order valence-electron chi connectivity index (χ1n) is 9.91. The number of amides is 2. The molecular formula is C20H31N3O3+2. The van der Waals surface area contributed by atoms with Crippen LogP contribution >= 0.6 is 0 Å². The Morgan fingerprint density at radius 1 is 1.08 bits per heavy atom. The largest absolute Gasteiger partial charge is 0.494 e. The molecule has 2 saturated heterocycles. The fourth-order valence-electron chi connectivity index (χ4n) is 3.87. The summed E-state index contributed by atoms with van der Waals surface area (Å²) in [7, 11) is 0. The highest BCUT2D eigenvalue weighted by molar-refractivity contribution is 6.21. The van der Waals surface area contributed by atoms with Crippen LogP contribution in [0.5, 0.6) is 5.75 Å². The molecule has 6 nitrogen and oxygen atoms in total. The number of carbonyl (C=O) groups is 2. The average molecular weight is 361 g/mol. The molecule has 2 N–H and O–H groups in total. The van der Waals surface area contributed by atoms with E-state index in [0.717, 1.165) is 51.3 Å². The SMILES string of the molecule is CCCCOc1ccc(N2C(=O)C[C@@H]([NH+]3CC[NH+](CC)CC3)C2=O)cc1. The molecule has 1 aromatic rings. The Bertz CT molecular complexity index is 624. The zero-order chi connectivity index (χ0) is 18.5. The number of nitrogens with one attached hydrogen (secondary N) is 2. The molecule has 6 heteroatoms. The number of quaternary nitrogens is 2. The molecule has 2 fully saturated rings. The Morgan fingerprint density at radius 3 is 2.38 bits per heavy atom. The lowest BCUT2D eigenvalue weighted by molar-refractivity contribution is -1.02. The van der Waals surface area contributed by atoms with E-state index in [9.17, 15) is 9.59 Å². The van der Waals surface area contributed by atoms with Gasteiger partial charge in [0.2, 0.25) is 5.91 Å². The van der Waals surface area contributed by atoms with E-state index >= 15 is 0 Å². The van der Waals surface area contributed by atoms with Crippen LogP contribution < -0.4 is 19.4 Å². The second-order valence-corrected chi connectivity index (χ2v) is 7.28. The average Bonchev–Trinajstić information content (AvgIpc) is 2.97. The van der Waals surface area contributed by atoms with Crippen LogP contribution in [0.15, 0.2) is 24.3 Å². The maximum absolute atomic E-state index is 12.9. The zero-order valence-corrected chi connectivity index (χ0v) is 15.9. The van der Waals surface area contributed by atoms with E-state index in [-0.39, 0.29) is 17.9 Å². The van der Waals surface area contributed by atoms with Gasteiger partial charge in [0.25, 0.3) is 5.91 Å². The minimum Gasteiger partial charge on any atom is -0.494 e. The molecular weight excluding hydrogens is 330 g/mol. The quantitative estimate of drug-likeness (QED) is 0.499. The van der Waals surface area contributed by atoms with Crippen molar-refractivity contribution < 1.29 is 24.1 Å². The Hall–Kier alpha value is -1.92. The fourth-order valence-corrected chi connectivity index (χ4v) is 3.87. The van der Waals surface area contributed by atoms with Crippen LogP contribution in [0, 0.1) is 0 Å². The summed E-state index contributed by atoms with van der Waals surface area (Å²) in [5, 5.41) is 0. The standard InChI is InChI=1S/C20H29N3O3/c1-3-5-14-26-17-8-6-16(7-9-17)23-19(24)15-18(20(23)25)22-12-10-21(4-2)11-13-22/h6-9,18H,3-5,10-15H2,1-2H3/p+2/t18-/m1/s1. The molecule has 2 aliphatic rings. The van der Waals surface area contributed by atoms with E-state index in [4.69, 9.17) is 4.74 Å². The van der Waals surface area contributed by atoms with Gasteiger partial charge in [-0.3, -0.25) is 9.59 Å². The Balaban J connectivity index is 1.63. The van der Waals surface area contributed by atoms with E-state index in [1.54, 1.807) is 4.90 Å². The Kier molecular flexibility index (Phi) is 6.27. The number of imide groups is 1. The predicted octanol–water partition coefficient (Wildman–Crippen LogP) is -0.699. The molecule has 2 amide bonds. The molecule has 3 rings (SSSR count). The highest BCUT2D eigenvalue weighted by Gasteiger charge is 2.46. The molecule has 142 valence electrons. The van der Waals surface area contributed by atoms with Crippen molar-refractivity contribution in [2.24, 2.45) is 0 Å². The third-order valence-corrected chi connectivity index (χ3v) is 5.60. The molecule has 2 aliphatic heterocycles. The minimum atomic E-state index is -0.221. The van der Waals surface area contributed by atoms with E-state index in [1.165, 1.54) is 9.80 Å². The number of ether oxygens (including phenoxy) is 1. The maximum Gasteiger partial charge on any atom is 0.292 e. The Labute approximate surface area is 155 Å². The maximum atomic E-state index is 12.9. The third kappa shape index (κ3) is 4.07. The van der Waals surface area contributed by atoms with E-state index < -0.39 is 0 Å². The van der Waals surface area contributed by atoms with Gasteiger partial charge in [0.1, 0.15) is 31.9 Å². The molecule has 0 unspecified atom stereocenters. The molecule has 26 heavy (non-hydrogen) atoms. The second-order valence-electron chi connectivity index (χ2n) is 7.28. The van der Waals surface area contributed by atoms with Gasteiger partial charge in [-0.25, -0.2) is 4.90 Å². The molecule has 0 radical (unpaired) electrons. The number of benzene rings is 1. The van der Waals surface area contributed by atoms with Crippen molar-refractivity contribution in [3.63, 3.8) is 0 Å². The fraction of sp³-hybridized carbons (Fsp3) is 0.600. The van der Waals surface area contributed by atoms with Crippen LogP contribution in [0.3, 0.4) is 0 Å². The molecule has 0 spiro atoms. The number of hydrogen-bond donors (Lipinski definition) is 2. The molecule has 2 heterocycles. The molecule has 1 aromatic carbocycles. The monoisotopic (exact) mass is 361 g/mol. The van der Waals surface area contributed by atoms with Crippen molar-refractivity contribution in [1.82, 2.24) is 0 Å². The summed E-state index contributed by atoms with van der Waals surface area (Å²) in [5.74, 6) is 0.643. The van der Waals surface area contributed by atoms with Crippen molar-refractivity contribution in [2.75, 3.05) is 44.2 Å². The molecule has 0 aliphatic carbocycles. The van der Waals surface area contributed by atoms with Gasteiger partial charge < -0.3 is 14.5 Å². The first kappa shape index (κ1) is 18.9. The number of carbonyl (C=O) groups excluding carboxylic acids is 2. The lowest BCUT2D eigenvalue weighted by Gasteiger charge is -2.31. The summed E-state index contributed by atoms with van der Waals surface area (Å²) in [6.45, 7) is 10.2. The van der Waals surface area contributed by atoms with Crippen molar-refractivity contribution >= 4 is 17.5 Å². The number of piperazine rings is 1. The van der Waals surface area contributed by atoms with Crippen molar-refractivity contribution in [2.45, 2.75) is 39.2 Å². The van der Waals surface area contributed by atoms with Crippen LogP contribution in [-0.2, 0) is 9.59 Å². The van der Waals surface area contributed by atoms with Gasteiger partial charge in [-0.05, 0) is 37.6 Å². The number of unbranched alkanes of at least 4 members (excludes halogenated alkanes) is 1. The van der Waals surface area contributed by atoms with Crippen LogP contribution in [-0.4, -0.2) is 57.2 Å². The second kappa shape index (κ2) is 8.64. The summed E-state index contributed by atoms with van der Waals surface area (Å²) < 4.78 is 5.66. The van der Waals surface area contributed by atoms with Gasteiger partial charge >= 0.3 is 0 Å². The molecule has 0 aromatic heterocycles. The smallest absolute Gasteiger partial charge is 0.292 e. The summed E-state index contributed by atoms with van der Waals surface area (Å²) >= 11 is 0. The lowest BCUT2D eigenvalue weighted by atomic mass is 10.1. The number of nitrogens with zero attached hydrogens (tertiary/aromatic N) is 1. The number of likely N-dealkylation sites (N-methyl/N-ethyl adjacent to an activating group) is 1. The summed E-state index contributed by atoms with van der Waals surface area (Å²) in [6, 6.07) is 7.09. The van der Waals surface area contributed by atoms with Gasteiger partial charge in [0, 0.05) is 0 Å². The van der Waals surface area contributed by atoms with Crippen molar-refractivity contribution in [3.05, 3.63) is 24.3 Å². The highest BCUT2D eigenvalue weighted by Crippen LogP contribution is 2.24. The van der Waals surface area contributed by atoms with Gasteiger partial charge in [0.05, 0.1) is 25.3 Å². The predicted molar refractivity (Wildman–Crippen MR) is 99.7 cm³/mol. The highest BCUT2D eigenvalue weighted by atomic mass is 16.5. The summed E-state index contributed by atoms with van der Waals surface area (Å²) in [4.78, 5) is 29.6. The molecule has 1 atom stereocenters. The van der Waals surface area contributed by atoms with Crippen LogP contribution in [0.4, 0.5) is 5.69 Å².